The maximum atomic E-state index is 13.3. The summed E-state index contributed by atoms with van der Waals surface area (Å²) in [6.07, 6.45) is 6.91. The first-order chi connectivity index (χ1) is 10.1. The third-order valence-electron chi connectivity index (χ3n) is 4.84. The number of aryl methyl sites for hydroxylation is 1. The van der Waals surface area contributed by atoms with Gasteiger partial charge in [-0.1, -0.05) is 25.3 Å². The number of nitrogens with one attached hydrogen (secondary N) is 1. The second-order valence-corrected chi connectivity index (χ2v) is 6.17. The van der Waals surface area contributed by atoms with E-state index in [0.717, 1.165) is 31.4 Å². The Bertz CT molecular complexity index is 449. The lowest BCUT2D eigenvalue weighted by Gasteiger charge is -2.43. The smallest absolute Gasteiger partial charge is 0.123 e. The minimum Gasteiger partial charge on any atom is -0.374 e. The molecule has 0 saturated heterocycles. The van der Waals surface area contributed by atoms with Gasteiger partial charge in [-0.05, 0) is 63.4 Å². The van der Waals surface area contributed by atoms with Crippen LogP contribution in [0.5, 0.6) is 0 Å². The molecule has 1 aromatic carbocycles. The molecule has 0 aliphatic heterocycles. The van der Waals surface area contributed by atoms with Crippen molar-refractivity contribution in [1.29, 1.82) is 0 Å². The largest absolute Gasteiger partial charge is 0.374 e. The molecule has 0 amide bonds. The van der Waals surface area contributed by atoms with Crippen molar-refractivity contribution < 1.29 is 9.13 Å². The lowest BCUT2D eigenvalue weighted by Crippen LogP contribution is -2.54. The van der Waals surface area contributed by atoms with Crippen molar-refractivity contribution in [2.24, 2.45) is 0 Å². The maximum Gasteiger partial charge on any atom is 0.123 e. The van der Waals surface area contributed by atoms with Gasteiger partial charge < -0.3 is 10.1 Å². The second-order valence-electron chi connectivity index (χ2n) is 6.17. The molecule has 1 N–H and O–H groups in total. The molecule has 1 unspecified atom stereocenters. The van der Waals surface area contributed by atoms with Crippen LogP contribution in [0.1, 0.15) is 50.2 Å². The molecule has 0 radical (unpaired) electrons. The zero-order chi connectivity index (χ0) is 15.3. The highest BCUT2D eigenvalue weighted by Gasteiger charge is 2.39. The number of halogens is 1. The number of hydrogen-bond acceptors (Lipinski definition) is 2. The Kier molecular flexibility index (Phi) is 5.77. The fraction of sp³-hybridized carbons (Fsp3) is 0.667. The minimum atomic E-state index is -0.158. The van der Waals surface area contributed by atoms with Crippen molar-refractivity contribution in [3.8, 4) is 0 Å². The second kappa shape index (κ2) is 7.37. The van der Waals surface area contributed by atoms with Crippen LogP contribution in [-0.2, 0) is 11.2 Å². The number of likely N-dealkylation sites (N-methyl/N-ethyl adjacent to an activating group) is 1. The van der Waals surface area contributed by atoms with Gasteiger partial charge in [0.15, 0.2) is 0 Å². The summed E-state index contributed by atoms with van der Waals surface area (Å²) in [6, 6.07) is 5.37. The monoisotopic (exact) mass is 293 g/mol. The van der Waals surface area contributed by atoms with Crippen LogP contribution >= 0.6 is 0 Å². The molecule has 0 heterocycles. The summed E-state index contributed by atoms with van der Waals surface area (Å²) in [6.45, 7) is 4.81. The van der Waals surface area contributed by atoms with E-state index in [1.54, 1.807) is 12.1 Å². The topological polar surface area (TPSA) is 21.3 Å². The Morgan fingerprint density at radius 3 is 2.57 bits per heavy atom. The molecule has 1 atom stereocenters. The van der Waals surface area contributed by atoms with E-state index in [9.17, 15) is 4.39 Å². The molecule has 21 heavy (non-hydrogen) atoms. The molecule has 2 rings (SSSR count). The first kappa shape index (κ1) is 16.4. The van der Waals surface area contributed by atoms with Crippen LogP contribution in [0, 0.1) is 12.7 Å². The first-order valence-electron chi connectivity index (χ1n) is 8.17. The van der Waals surface area contributed by atoms with Gasteiger partial charge in [-0.3, -0.25) is 0 Å². The molecular formula is C18H28FNO. The van der Waals surface area contributed by atoms with Crippen molar-refractivity contribution in [2.75, 3.05) is 13.7 Å². The average molecular weight is 293 g/mol. The molecule has 118 valence electrons. The highest BCUT2D eigenvalue weighted by Crippen LogP contribution is 2.36. The minimum absolute atomic E-state index is 0.0669. The van der Waals surface area contributed by atoms with Crippen molar-refractivity contribution in [3.05, 3.63) is 35.1 Å². The van der Waals surface area contributed by atoms with E-state index in [1.807, 2.05) is 20.0 Å². The zero-order valence-corrected chi connectivity index (χ0v) is 13.5. The van der Waals surface area contributed by atoms with Crippen LogP contribution in [0.4, 0.5) is 4.39 Å². The van der Waals surface area contributed by atoms with Crippen molar-refractivity contribution in [1.82, 2.24) is 5.32 Å². The van der Waals surface area contributed by atoms with Gasteiger partial charge in [0.1, 0.15) is 5.82 Å². The molecule has 1 aliphatic rings. The van der Waals surface area contributed by atoms with Crippen molar-refractivity contribution >= 4 is 0 Å². The normalized spacial score (nSPS) is 19.4. The predicted octanol–water partition coefficient (Wildman–Crippen LogP) is 4.00. The highest BCUT2D eigenvalue weighted by molar-refractivity contribution is 5.28. The number of ether oxygens (including phenoxy) is 1. The summed E-state index contributed by atoms with van der Waals surface area (Å²) in [4.78, 5) is 0. The van der Waals surface area contributed by atoms with Crippen LogP contribution in [-0.4, -0.2) is 25.3 Å². The fourth-order valence-corrected chi connectivity index (χ4v) is 3.69. The Balaban J connectivity index is 2.20. The molecule has 0 aromatic heterocycles. The third-order valence-corrected chi connectivity index (χ3v) is 4.84. The van der Waals surface area contributed by atoms with Crippen LogP contribution in [0.15, 0.2) is 18.2 Å². The summed E-state index contributed by atoms with van der Waals surface area (Å²) >= 11 is 0. The van der Waals surface area contributed by atoms with Crippen molar-refractivity contribution in [2.45, 2.75) is 64.0 Å². The summed E-state index contributed by atoms with van der Waals surface area (Å²) in [5.74, 6) is -0.158. The van der Waals surface area contributed by atoms with Crippen LogP contribution < -0.4 is 5.32 Å². The lowest BCUT2D eigenvalue weighted by molar-refractivity contribution is -0.0883. The Morgan fingerprint density at radius 1 is 1.29 bits per heavy atom. The Labute approximate surface area is 128 Å². The van der Waals surface area contributed by atoms with E-state index >= 15 is 0 Å². The number of rotatable bonds is 6. The Morgan fingerprint density at radius 2 is 2.00 bits per heavy atom. The van der Waals surface area contributed by atoms with Gasteiger partial charge in [0.2, 0.25) is 0 Å². The zero-order valence-electron chi connectivity index (χ0n) is 13.5. The van der Waals surface area contributed by atoms with Crippen molar-refractivity contribution in [3.63, 3.8) is 0 Å². The average Bonchev–Trinajstić information content (AvgIpc) is 2.47. The molecule has 3 heteroatoms. The van der Waals surface area contributed by atoms with E-state index in [-0.39, 0.29) is 17.5 Å². The van der Waals surface area contributed by atoms with Gasteiger partial charge >= 0.3 is 0 Å². The quantitative estimate of drug-likeness (QED) is 0.856. The van der Waals surface area contributed by atoms with E-state index in [0.29, 0.717) is 0 Å². The van der Waals surface area contributed by atoms with Gasteiger partial charge in [0.05, 0.1) is 5.60 Å². The molecule has 1 saturated carbocycles. The molecule has 2 nitrogen and oxygen atoms in total. The van der Waals surface area contributed by atoms with E-state index in [4.69, 9.17) is 4.74 Å². The summed E-state index contributed by atoms with van der Waals surface area (Å²) in [5.41, 5.74) is 2.17. The third kappa shape index (κ3) is 3.83. The Hall–Kier alpha value is -0.930. The highest BCUT2D eigenvalue weighted by atomic mass is 19.1. The predicted molar refractivity (Wildman–Crippen MR) is 85.1 cm³/mol. The first-order valence-corrected chi connectivity index (χ1v) is 8.17. The standard InChI is InChI=1S/C18H28FNO/c1-4-21-18(10-6-5-7-11-18)17(20-3)13-15-8-9-16(19)12-14(15)2/h8-9,12,17,20H,4-7,10-11,13H2,1-3H3. The summed E-state index contributed by atoms with van der Waals surface area (Å²) in [5, 5.41) is 3.47. The van der Waals surface area contributed by atoms with Gasteiger partial charge in [-0.25, -0.2) is 4.39 Å². The molecule has 1 fully saturated rings. The van der Waals surface area contributed by atoms with Crippen LogP contribution in [0.25, 0.3) is 0 Å². The molecular weight excluding hydrogens is 265 g/mol. The number of hydrogen-bond donors (Lipinski definition) is 1. The van der Waals surface area contributed by atoms with E-state index in [2.05, 4.69) is 12.2 Å². The molecule has 1 aromatic rings. The SMILES string of the molecule is CCOC1(C(Cc2ccc(F)cc2C)NC)CCCCC1. The number of benzene rings is 1. The van der Waals surface area contributed by atoms with Crippen LogP contribution in [0.3, 0.4) is 0 Å². The van der Waals surface area contributed by atoms with E-state index < -0.39 is 0 Å². The fourth-order valence-electron chi connectivity index (χ4n) is 3.69. The van der Waals surface area contributed by atoms with Gasteiger partial charge in [0, 0.05) is 12.6 Å². The summed E-state index contributed by atoms with van der Waals surface area (Å²) < 4.78 is 19.5. The van der Waals surface area contributed by atoms with E-state index in [1.165, 1.54) is 24.8 Å². The lowest BCUT2D eigenvalue weighted by atomic mass is 9.76. The van der Waals surface area contributed by atoms with Gasteiger partial charge in [-0.2, -0.15) is 0 Å². The van der Waals surface area contributed by atoms with Gasteiger partial charge in [0.25, 0.3) is 0 Å². The molecule has 0 bridgehead atoms. The molecule has 0 spiro atoms. The summed E-state index contributed by atoms with van der Waals surface area (Å²) in [7, 11) is 2.01. The van der Waals surface area contributed by atoms with Crippen LogP contribution in [0.2, 0.25) is 0 Å². The molecule has 1 aliphatic carbocycles. The van der Waals surface area contributed by atoms with Gasteiger partial charge in [-0.15, -0.1) is 0 Å². The maximum absolute atomic E-state index is 13.3.